The van der Waals surface area contributed by atoms with Crippen LogP contribution in [-0.2, 0) is 19.6 Å². The van der Waals surface area contributed by atoms with Gasteiger partial charge in [-0.05, 0) is 44.7 Å². The van der Waals surface area contributed by atoms with Crippen LogP contribution < -0.4 is 10.6 Å². The molecule has 2 aliphatic rings. The van der Waals surface area contributed by atoms with Gasteiger partial charge < -0.3 is 10.6 Å². The third-order valence-corrected chi connectivity index (χ3v) is 7.47. The van der Waals surface area contributed by atoms with Crippen molar-refractivity contribution in [1.29, 1.82) is 0 Å². The molecule has 7 nitrogen and oxygen atoms in total. The standard InChI is InChI=1S/C20H29N3O4S/c1-15(19(24)22-17-9-5-6-10-17)21-20(25)16-8-7-13-23(14-16)28(26,27)18-11-3-2-4-12-18/h2-4,11-12,15-17H,5-10,13-14H2,1H3,(H,21,25)(H,22,24)/t15-,16?/m0/s1. The van der Waals surface area contributed by atoms with Gasteiger partial charge in [-0.3, -0.25) is 9.59 Å². The van der Waals surface area contributed by atoms with Crippen molar-refractivity contribution in [2.24, 2.45) is 5.92 Å². The van der Waals surface area contributed by atoms with Crippen LogP contribution in [0.25, 0.3) is 0 Å². The Morgan fingerprint density at radius 1 is 1.07 bits per heavy atom. The molecule has 0 bridgehead atoms. The second-order valence-electron chi connectivity index (χ2n) is 7.74. The summed E-state index contributed by atoms with van der Waals surface area (Å²) in [6, 6.07) is 7.84. The highest BCUT2D eigenvalue weighted by molar-refractivity contribution is 7.89. The lowest BCUT2D eigenvalue weighted by molar-refractivity contribution is -0.131. The van der Waals surface area contributed by atoms with Crippen molar-refractivity contribution in [2.75, 3.05) is 13.1 Å². The average Bonchev–Trinajstić information content (AvgIpc) is 3.21. The molecule has 1 heterocycles. The minimum absolute atomic E-state index is 0.139. The molecule has 1 saturated heterocycles. The summed E-state index contributed by atoms with van der Waals surface area (Å²) in [7, 11) is -3.61. The average molecular weight is 408 g/mol. The Bertz CT molecular complexity index is 791. The molecule has 1 unspecified atom stereocenters. The molecule has 2 fully saturated rings. The zero-order chi connectivity index (χ0) is 20.1. The van der Waals surface area contributed by atoms with Crippen molar-refractivity contribution in [2.45, 2.75) is 62.4 Å². The van der Waals surface area contributed by atoms with E-state index in [9.17, 15) is 18.0 Å². The van der Waals surface area contributed by atoms with E-state index in [-0.39, 0.29) is 29.3 Å². The molecule has 0 radical (unpaired) electrons. The number of hydrogen-bond acceptors (Lipinski definition) is 4. The molecule has 1 aliphatic heterocycles. The highest BCUT2D eigenvalue weighted by Gasteiger charge is 2.34. The summed E-state index contributed by atoms with van der Waals surface area (Å²) in [5.41, 5.74) is 0. The Hall–Kier alpha value is -1.93. The van der Waals surface area contributed by atoms with Gasteiger partial charge in [-0.25, -0.2) is 8.42 Å². The molecule has 1 saturated carbocycles. The molecule has 2 N–H and O–H groups in total. The van der Waals surface area contributed by atoms with Gasteiger partial charge in [0.2, 0.25) is 21.8 Å². The molecular weight excluding hydrogens is 378 g/mol. The van der Waals surface area contributed by atoms with Crippen molar-refractivity contribution < 1.29 is 18.0 Å². The fraction of sp³-hybridized carbons (Fsp3) is 0.600. The minimum Gasteiger partial charge on any atom is -0.352 e. The molecule has 2 amide bonds. The van der Waals surface area contributed by atoms with Crippen LogP contribution in [0.5, 0.6) is 0 Å². The van der Waals surface area contributed by atoms with Gasteiger partial charge in [-0.2, -0.15) is 4.31 Å². The lowest BCUT2D eigenvalue weighted by Crippen LogP contribution is -2.51. The number of benzene rings is 1. The molecule has 154 valence electrons. The van der Waals surface area contributed by atoms with E-state index in [1.54, 1.807) is 37.3 Å². The van der Waals surface area contributed by atoms with Crippen molar-refractivity contribution in [3.63, 3.8) is 0 Å². The van der Waals surface area contributed by atoms with E-state index >= 15 is 0 Å². The lowest BCUT2D eigenvalue weighted by Gasteiger charge is -2.31. The molecule has 1 aromatic rings. The fourth-order valence-electron chi connectivity index (χ4n) is 3.91. The highest BCUT2D eigenvalue weighted by atomic mass is 32.2. The van der Waals surface area contributed by atoms with E-state index in [1.165, 1.54) is 4.31 Å². The normalized spacial score (nSPS) is 22.5. The summed E-state index contributed by atoms with van der Waals surface area (Å²) >= 11 is 0. The van der Waals surface area contributed by atoms with Gasteiger partial charge >= 0.3 is 0 Å². The maximum absolute atomic E-state index is 12.8. The van der Waals surface area contributed by atoms with Crippen LogP contribution in [0.4, 0.5) is 0 Å². The Kier molecular flexibility index (Phi) is 6.72. The van der Waals surface area contributed by atoms with Crippen LogP contribution in [0.2, 0.25) is 0 Å². The summed E-state index contributed by atoms with van der Waals surface area (Å²) in [6.07, 6.45) is 5.46. The zero-order valence-corrected chi connectivity index (χ0v) is 17.1. The summed E-state index contributed by atoms with van der Waals surface area (Å²) in [5.74, 6) is -0.888. The van der Waals surface area contributed by atoms with Gasteiger partial charge in [0.15, 0.2) is 0 Å². The fourth-order valence-corrected chi connectivity index (χ4v) is 5.45. The minimum atomic E-state index is -3.61. The summed E-state index contributed by atoms with van der Waals surface area (Å²) in [5, 5.41) is 5.74. The zero-order valence-electron chi connectivity index (χ0n) is 16.3. The van der Waals surface area contributed by atoms with Crippen LogP contribution in [0.15, 0.2) is 35.2 Å². The van der Waals surface area contributed by atoms with Gasteiger partial charge in [-0.15, -0.1) is 0 Å². The molecule has 28 heavy (non-hydrogen) atoms. The molecule has 3 rings (SSSR count). The van der Waals surface area contributed by atoms with E-state index in [1.807, 2.05) is 0 Å². The first-order chi connectivity index (χ1) is 13.4. The number of rotatable bonds is 6. The Labute approximate surface area is 166 Å². The molecular formula is C20H29N3O4S. The number of amides is 2. The molecule has 8 heteroatoms. The second-order valence-corrected chi connectivity index (χ2v) is 9.67. The second kappa shape index (κ2) is 9.05. The number of nitrogens with one attached hydrogen (secondary N) is 2. The first-order valence-electron chi connectivity index (χ1n) is 10.0. The van der Waals surface area contributed by atoms with Gasteiger partial charge in [0.1, 0.15) is 6.04 Å². The molecule has 0 aromatic heterocycles. The van der Waals surface area contributed by atoms with E-state index in [2.05, 4.69) is 10.6 Å². The largest absolute Gasteiger partial charge is 0.352 e. The molecule has 1 aliphatic carbocycles. The Balaban J connectivity index is 1.57. The van der Waals surface area contributed by atoms with Gasteiger partial charge in [0, 0.05) is 19.1 Å². The summed E-state index contributed by atoms with van der Waals surface area (Å²) in [4.78, 5) is 25.2. The SMILES string of the molecule is C[C@H](NC(=O)C1CCCN(S(=O)(=O)c2ccccc2)C1)C(=O)NC1CCCC1. The van der Waals surface area contributed by atoms with Crippen LogP contribution in [0, 0.1) is 5.92 Å². The highest BCUT2D eigenvalue weighted by Crippen LogP contribution is 2.24. The predicted molar refractivity (Wildman–Crippen MR) is 106 cm³/mol. The van der Waals surface area contributed by atoms with Crippen molar-refractivity contribution in [3.05, 3.63) is 30.3 Å². The van der Waals surface area contributed by atoms with Crippen molar-refractivity contribution in [3.8, 4) is 0 Å². The van der Waals surface area contributed by atoms with E-state index < -0.39 is 22.0 Å². The molecule has 1 aromatic carbocycles. The number of carbonyl (C=O) groups excluding carboxylic acids is 2. The number of sulfonamides is 1. The topological polar surface area (TPSA) is 95.6 Å². The summed E-state index contributed by atoms with van der Waals surface area (Å²) in [6.45, 7) is 2.21. The van der Waals surface area contributed by atoms with Gasteiger partial charge in [0.05, 0.1) is 10.8 Å². The Morgan fingerprint density at radius 3 is 2.43 bits per heavy atom. The summed E-state index contributed by atoms with van der Waals surface area (Å²) < 4.78 is 27.0. The lowest BCUT2D eigenvalue weighted by atomic mass is 9.98. The third kappa shape index (κ3) is 4.91. The van der Waals surface area contributed by atoms with E-state index in [0.29, 0.717) is 19.4 Å². The molecule has 0 spiro atoms. The first kappa shape index (κ1) is 20.8. The smallest absolute Gasteiger partial charge is 0.243 e. The van der Waals surface area contributed by atoms with E-state index in [4.69, 9.17) is 0 Å². The van der Waals surface area contributed by atoms with Gasteiger partial charge in [-0.1, -0.05) is 31.0 Å². The predicted octanol–water partition coefficient (Wildman–Crippen LogP) is 1.65. The quantitative estimate of drug-likeness (QED) is 0.750. The van der Waals surface area contributed by atoms with Gasteiger partial charge in [0.25, 0.3) is 0 Å². The van der Waals surface area contributed by atoms with Crippen molar-refractivity contribution in [1.82, 2.24) is 14.9 Å². The van der Waals surface area contributed by atoms with Crippen LogP contribution in [0.1, 0.15) is 45.4 Å². The van der Waals surface area contributed by atoms with Crippen LogP contribution >= 0.6 is 0 Å². The van der Waals surface area contributed by atoms with Crippen LogP contribution in [-0.4, -0.2) is 49.7 Å². The molecule has 2 atom stereocenters. The number of nitrogens with zero attached hydrogens (tertiary/aromatic N) is 1. The number of carbonyl (C=O) groups is 2. The monoisotopic (exact) mass is 407 g/mol. The first-order valence-corrected chi connectivity index (χ1v) is 11.5. The number of hydrogen-bond donors (Lipinski definition) is 2. The maximum Gasteiger partial charge on any atom is 0.243 e. The van der Waals surface area contributed by atoms with E-state index in [0.717, 1.165) is 25.7 Å². The number of piperidine rings is 1. The Morgan fingerprint density at radius 2 is 1.75 bits per heavy atom. The van der Waals surface area contributed by atoms with Crippen LogP contribution in [0.3, 0.4) is 0 Å². The van der Waals surface area contributed by atoms with Crippen molar-refractivity contribution >= 4 is 21.8 Å². The third-order valence-electron chi connectivity index (χ3n) is 5.59. The maximum atomic E-state index is 12.8.